The zero-order valence-electron chi connectivity index (χ0n) is 6.13. The molecule has 0 bridgehead atoms. The summed E-state index contributed by atoms with van der Waals surface area (Å²) in [6.45, 7) is 1.69. The Morgan fingerprint density at radius 3 is 2.91 bits per heavy atom. The van der Waals surface area contributed by atoms with Crippen LogP contribution in [-0.2, 0) is 0 Å². The molecule has 0 spiro atoms. The molecule has 11 heavy (non-hydrogen) atoms. The average molecular weight is 153 g/mol. The van der Waals surface area contributed by atoms with E-state index in [1.165, 1.54) is 0 Å². The van der Waals surface area contributed by atoms with E-state index in [1.54, 1.807) is 0 Å². The maximum atomic E-state index is 5.36. The molecule has 60 valence electrons. The number of hydrogen-bond acceptors (Lipinski definition) is 2. The SMILES string of the molecule is O.c1ccc2c(c1)NCCO2. The van der Waals surface area contributed by atoms with Crippen molar-refractivity contribution in [3.8, 4) is 5.75 Å². The highest BCUT2D eigenvalue weighted by Crippen LogP contribution is 2.25. The molecule has 0 atom stereocenters. The summed E-state index contributed by atoms with van der Waals surface area (Å²) in [6, 6.07) is 7.97. The van der Waals surface area contributed by atoms with Crippen LogP contribution in [-0.4, -0.2) is 18.6 Å². The van der Waals surface area contributed by atoms with Crippen molar-refractivity contribution in [2.45, 2.75) is 0 Å². The van der Waals surface area contributed by atoms with E-state index < -0.39 is 0 Å². The molecule has 1 aliphatic rings. The molecule has 0 radical (unpaired) electrons. The number of rotatable bonds is 0. The normalized spacial score (nSPS) is 13.5. The van der Waals surface area contributed by atoms with Crippen LogP contribution >= 0.6 is 0 Å². The Hall–Kier alpha value is -1.22. The first-order valence-electron chi connectivity index (χ1n) is 3.42. The zero-order chi connectivity index (χ0) is 6.81. The lowest BCUT2D eigenvalue weighted by molar-refractivity contribution is 0.323. The quantitative estimate of drug-likeness (QED) is 0.595. The van der Waals surface area contributed by atoms with E-state index in [9.17, 15) is 0 Å². The molecule has 3 nitrogen and oxygen atoms in total. The van der Waals surface area contributed by atoms with Crippen LogP contribution in [0.25, 0.3) is 0 Å². The highest BCUT2D eigenvalue weighted by Gasteiger charge is 2.05. The first-order chi connectivity index (χ1) is 4.97. The standard InChI is InChI=1S/C8H9NO.H2O/c1-2-4-8-7(3-1)9-5-6-10-8;/h1-4,9H,5-6H2;1H2. The molecule has 0 amide bonds. The maximum Gasteiger partial charge on any atom is 0.142 e. The molecule has 1 aromatic rings. The second kappa shape index (κ2) is 3.25. The van der Waals surface area contributed by atoms with Gasteiger partial charge in [0.25, 0.3) is 0 Å². The molecule has 0 saturated heterocycles. The van der Waals surface area contributed by atoms with Gasteiger partial charge in [-0.25, -0.2) is 0 Å². The third kappa shape index (κ3) is 1.43. The third-order valence-electron chi connectivity index (χ3n) is 1.56. The molecule has 3 N–H and O–H groups in total. The van der Waals surface area contributed by atoms with Crippen molar-refractivity contribution >= 4 is 5.69 Å². The molecule has 1 heterocycles. The number of fused-ring (bicyclic) bond motifs is 1. The summed E-state index contributed by atoms with van der Waals surface area (Å²) in [5.74, 6) is 0.966. The van der Waals surface area contributed by atoms with E-state index in [4.69, 9.17) is 4.74 Å². The van der Waals surface area contributed by atoms with Gasteiger partial charge >= 0.3 is 0 Å². The lowest BCUT2D eigenvalue weighted by atomic mass is 10.3. The molecule has 0 aliphatic carbocycles. The maximum absolute atomic E-state index is 5.36. The number of hydrogen-bond donors (Lipinski definition) is 1. The van der Waals surface area contributed by atoms with Crippen LogP contribution < -0.4 is 10.1 Å². The molecule has 0 fully saturated rings. The summed E-state index contributed by atoms with van der Waals surface area (Å²) in [5.41, 5.74) is 1.11. The molecule has 0 unspecified atom stereocenters. The Kier molecular flexibility index (Phi) is 2.33. The highest BCUT2D eigenvalue weighted by molar-refractivity contribution is 5.57. The summed E-state index contributed by atoms with van der Waals surface area (Å²) in [4.78, 5) is 0. The van der Waals surface area contributed by atoms with Crippen molar-refractivity contribution in [2.24, 2.45) is 0 Å². The van der Waals surface area contributed by atoms with Crippen molar-refractivity contribution in [2.75, 3.05) is 18.5 Å². The summed E-state index contributed by atoms with van der Waals surface area (Å²) >= 11 is 0. The second-order valence-electron chi connectivity index (χ2n) is 2.27. The van der Waals surface area contributed by atoms with Crippen LogP contribution in [0, 0.1) is 0 Å². The minimum Gasteiger partial charge on any atom is -0.490 e. The minimum atomic E-state index is 0. The van der Waals surface area contributed by atoms with Gasteiger partial charge in [0.1, 0.15) is 12.4 Å². The fourth-order valence-corrected chi connectivity index (χ4v) is 1.09. The lowest BCUT2D eigenvalue weighted by Gasteiger charge is -2.17. The average Bonchev–Trinajstić information content (AvgIpc) is 2.05. The van der Waals surface area contributed by atoms with Crippen LogP contribution in [0.1, 0.15) is 0 Å². The summed E-state index contributed by atoms with van der Waals surface area (Å²) < 4.78 is 5.36. The fourth-order valence-electron chi connectivity index (χ4n) is 1.09. The Balaban J connectivity index is 0.000000605. The molecule has 3 heteroatoms. The van der Waals surface area contributed by atoms with E-state index >= 15 is 0 Å². The number of ether oxygens (including phenoxy) is 1. The first-order valence-corrected chi connectivity index (χ1v) is 3.42. The largest absolute Gasteiger partial charge is 0.490 e. The number of anilines is 1. The number of para-hydroxylation sites is 2. The van der Waals surface area contributed by atoms with E-state index in [0.717, 1.165) is 24.6 Å². The highest BCUT2D eigenvalue weighted by atomic mass is 16.5. The topological polar surface area (TPSA) is 52.8 Å². The molecule has 2 rings (SSSR count). The Morgan fingerprint density at radius 1 is 1.27 bits per heavy atom. The van der Waals surface area contributed by atoms with E-state index in [-0.39, 0.29) is 5.48 Å². The molecule has 0 saturated carbocycles. The first kappa shape index (κ1) is 7.88. The van der Waals surface area contributed by atoms with Crippen LogP contribution in [0.3, 0.4) is 0 Å². The second-order valence-corrected chi connectivity index (χ2v) is 2.27. The smallest absolute Gasteiger partial charge is 0.142 e. The molecular formula is C8H11NO2. The van der Waals surface area contributed by atoms with Gasteiger partial charge in [-0.3, -0.25) is 0 Å². The Bertz CT molecular complexity index is 212. The van der Waals surface area contributed by atoms with Crippen molar-refractivity contribution in [3.63, 3.8) is 0 Å². The molecule has 1 aliphatic heterocycles. The summed E-state index contributed by atoms with van der Waals surface area (Å²) in [6.07, 6.45) is 0. The van der Waals surface area contributed by atoms with Gasteiger partial charge in [0.15, 0.2) is 0 Å². The van der Waals surface area contributed by atoms with Gasteiger partial charge < -0.3 is 15.5 Å². The zero-order valence-corrected chi connectivity index (χ0v) is 6.13. The Labute approximate surface area is 65.3 Å². The van der Waals surface area contributed by atoms with Crippen molar-refractivity contribution in [1.82, 2.24) is 0 Å². The van der Waals surface area contributed by atoms with Gasteiger partial charge in [0.2, 0.25) is 0 Å². The molecule has 0 aromatic heterocycles. The van der Waals surface area contributed by atoms with Gasteiger partial charge in [-0.15, -0.1) is 0 Å². The molecule has 1 aromatic carbocycles. The van der Waals surface area contributed by atoms with Crippen LogP contribution in [0.2, 0.25) is 0 Å². The van der Waals surface area contributed by atoms with Crippen LogP contribution in [0.4, 0.5) is 5.69 Å². The van der Waals surface area contributed by atoms with Gasteiger partial charge in [-0.05, 0) is 12.1 Å². The van der Waals surface area contributed by atoms with Gasteiger partial charge in [-0.2, -0.15) is 0 Å². The van der Waals surface area contributed by atoms with Gasteiger partial charge in [-0.1, -0.05) is 12.1 Å². The van der Waals surface area contributed by atoms with E-state index in [2.05, 4.69) is 5.32 Å². The van der Waals surface area contributed by atoms with Crippen LogP contribution in [0.5, 0.6) is 5.75 Å². The third-order valence-corrected chi connectivity index (χ3v) is 1.56. The van der Waals surface area contributed by atoms with Gasteiger partial charge in [0, 0.05) is 6.54 Å². The van der Waals surface area contributed by atoms with Crippen molar-refractivity contribution in [1.29, 1.82) is 0 Å². The monoisotopic (exact) mass is 153 g/mol. The minimum absolute atomic E-state index is 0. The number of nitrogens with one attached hydrogen (secondary N) is 1. The lowest BCUT2D eigenvalue weighted by Crippen LogP contribution is -2.17. The number of benzene rings is 1. The summed E-state index contributed by atoms with van der Waals surface area (Å²) in [7, 11) is 0. The van der Waals surface area contributed by atoms with Gasteiger partial charge in [0.05, 0.1) is 5.69 Å². The fraction of sp³-hybridized carbons (Fsp3) is 0.250. The predicted molar refractivity (Wildman–Crippen MR) is 44.0 cm³/mol. The van der Waals surface area contributed by atoms with Crippen molar-refractivity contribution < 1.29 is 10.2 Å². The van der Waals surface area contributed by atoms with Crippen LogP contribution in [0.15, 0.2) is 24.3 Å². The van der Waals surface area contributed by atoms with E-state index in [0.29, 0.717) is 0 Å². The Morgan fingerprint density at radius 2 is 2.09 bits per heavy atom. The predicted octanol–water partition coefficient (Wildman–Crippen LogP) is 0.666. The molecular weight excluding hydrogens is 142 g/mol. The van der Waals surface area contributed by atoms with E-state index in [1.807, 2.05) is 24.3 Å². The van der Waals surface area contributed by atoms with Crippen molar-refractivity contribution in [3.05, 3.63) is 24.3 Å². The summed E-state index contributed by atoms with van der Waals surface area (Å²) in [5, 5.41) is 3.24.